The second kappa shape index (κ2) is 7.57. The highest BCUT2D eigenvalue weighted by Crippen LogP contribution is 2.34. The molecule has 0 spiro atoms. The van der Waals surface area contributed by atoms with Gasteiger partial charge in [0.15, 0.2) is 0 Å². The van der Waals surface area contributed by atoms with Gasteiger partial charge in [0.25, 0.3) is 0 Å². The van der Waals surface area contributed by atoms with Crippen molar-refractivity contribution in [3.63, 3.8) is 0 Å². The second-order valence-electron chi connectivity index (χ2n) is 5.15. The van der Waals surface area contributed by atoms with Gasteiger partial charge in [-0.3, -0.25) is 0 Å². The van der Waals surface area contributed by atoms with Crippen LogP contribution in [0.4, 0.5) is 23.7 Å². The molecule has 0 saturated carbocycles. The number of hydrogen-bond donors (Lipinski definition) is 2. The molecule has 2 aromatic carbocycles. The molecule has 2 amide bonds. The zero-order chi connectivity index (χ0) is 17.7. The summed E-state index contributed by atoms with van der Waals surface area (Å²) in [5.74, 6) is 0. The van der Waals surface area contributed by atoms with Crippen LogP contribution in [0.15, 0.2) is 48.5 Å². The van der Waals surface area contributed by atoms with Gasteiger partial charge < -0.3 is 10.6 Å². The number of hydrogen-bond acceptors (Lipinski definition) is 1. The average Bonchev–Trinajstić information content (AvgIpc) is 2.53. The van der Waals surface area contributed by atoms with Crippen molar-refractivity contribution < 1.29 is 18.0 Å². The molecule has 2 rings (SSSR count). The number of nitrogens with one attached hydrogen (secondary N) is 2. The van der Waals surface area contributed by atoms with Crippen molar-refractivity contribution in [3.8, 4) is 0 Å². The highest BCUT2D eigenvalue weighted by atomic mass is 35.5. The molecule has 3 nitrogen and oxygen atoms in total. The van der Waals surface area contributed by atoms with E-state index in [1.54, 1.807) is 24.3 Å². The van der Waals surface area contributed by atoms with Crippen LogP contribution in [0.5, 0.6) is 0 Å². The van der Waals surface area contributed by atoms with E-state index in [0.717, 1.165) is 11.6 Å². The topological polar surface area (TPSA) is 41.1 Å². The first kappa shape index (κ1) is 18.1. The maximum absolute atomic E-state index is 12.9. The van der Waals surface area contributed by atoms with Crippen LogP contribution >= 0.6 is 11.6 Å². The van der Waals surface area contributed by atoms with Crippen molar-refractivity contribution in [2.24, 2.45) is 0 Å². The fraction of sp³-hybridized carbons (Fsp3) is 0.235. The van der Waals surface area contributed by atoms with E-state index in [1.807, 2.05) is 6.92 Å². The first-order valence-corrected chi connectivity index (χ1v) is 7.68. The Morgan fingerprint density at radius 2 is 1.75 bits per heavy atom. The molecule has 0 heterocycles. The number of halogens is 4. The Kier molecular flexibility index (Phi) is 5.72. The second-order valence-corrected chi connectivity index (χ2v) is 5.59. The number of amides is 2. The molecule has 0 aromatic heterocycles. The lowest BCUT2D eigenvalue weighted by Gasteiger charge is -2.19. The van der Waals surface area contributed by atoms with Gasteiger partial charge in [-0.05, 0) is 36.2 Å². The zero-order valence-electron chi connectivity index (χ0n) is 12.8. The molecule has 2 aromatic rings. The van der Waals surface area contributed by atoms with Gasteiger partial charge >= 0.3 is 12.2 Å². The quantitative estimate of drug-likeness (QED) is 0.732. The Morgan fingerprint density at radius 1 is 1.12 bits per heavy atom. The summed E-state index contributed by atoms with van der Waals surface area (Å²) >= 11 is 5.83. The van der Waals surface area contributed by atoms with E-state index in [9.17, 15) is 18.0 Å². The molecule has 0 aliphatic carbocycles. The highest BCUT2D eigenvalue weighted by molar-refractivity contribution is 6.30. The molecule has 0 saturated heterocycles. The Hall–Kier alpha value is -2.21. The molecule has 0 bridgehead atoms. The lowest BCUT2D eigenvalue weighted by molar-refractivity contribution is -0.136. The van der Waals surface area contributed by atoms with E-state index in [2.05, 4.69) is 10.6 Å². The van der Waals surface area contributed by atoms with Crippen molar-refractivity contribution in [3.05, 3.63) is 64.7 Å². The van der Waals surface area contributed by atoms with E-state index in [-0.39, 0.29) is 11.7 Å². The molecular formula is C17H16ClF3N2O. The Balaban J connectivity index is 2.11. The molecule has 7 heteroatoms. The first-order valence-electron chi connectivity index (χ1n) is 7.30. The molecule has 0 radical (unpaired) electrons. The van der Waals surface area contributed by atoms with Crippen LogP contribution in [0.25, 0.3) is 0 Å². The van der Waals surface area contributed by atoms with Crippen LogP contribution in [0, 0.1) is 0 Å². The number of benzene rings is 2. The summed E-state index contributed by atoms with van der Waals surface area (Å²) < 4.78 is 38.8. The lowest BCUT2D eigenvalue weighted by atomic mass is 10.1. The largest absolute Gasteiger partial charge is 0.418 e. The average molecular weight is 357 g/mol. The summed E-state index contributed by atoms with van der Waals surface area (Å²) in [6.07, 6.45) is -3.96. The van der Waals surface area contributed by atoms with Crippen molar-refractivity contribution in [1.29, 1.82) is 0 Å². The zero-order valence-corrected chi connectivity index (χ0v) is 13.6. The fourth-order valence-electron chi connectivity index (χ4n) is 2.27. The summed E-state index contributed by atoms with van der Waals surface area (Å²) in [5.41, 5.74) is -0.352. The monoisotopic (exact) mass is 356 g/mol. The van der Waals surface area contributed by atoms with Crippen LogP contribution < -0.4 is 10.6 Å². The van der Waals surface area contributed by atoms with Crippen LogP contribution in [-0.2, 0) is 6.18 Å². The van der Waals surface area contributed by atoms with Gasteiger partial charge in [-0.2, -0.15) is 13.2 Å². The maximum Gasteiger partial charge on any atom is 0.418 e. The molecule has 24 heavy (non-hydrogen) atoms. The van der Waals surface area contributed by atoms with Crippen LogP contribution in [0.2, 0.25) is 5.02 Å². The van der Waals surface area contributed by atoms with Crippen LogP contribution in [0.3, 0.4) is 0 Å². The first-order chi connectivity index (χ1) is 11.3. The van der Waals surface area contributed by atoms with Gasteiger partial charge in [0, 0.05) is 5.02 Å². The van der Waals surface area contributed by atoms with Crippen molar-refractivity contribution >= 4 is 23.3 Å². The van der Waals surface area contributed by atoms with Gasteiger partial charge in [-0.25, -0.2) is 4.79 Å². The number of urea groups is 1. The molecule has 0 aliphatic rings. The summed E-state index contributed by atoms with van der Waals surface area (Å²) in [5, 5.41) is 5.50. The smallest absolute Gasteiger partial charge is 0.331 e. The number of carbonyl (C=O) groups excluding carboxylic acids is 1. The Morgan fingerprint density at radius 3 is 2.33 bits per heavy atom. The minimum Gasteiger partial charge on any atom is -0.331 e. The third kappa shape index (κ3) is 4.64. The molecule has 0 aliphatic heterocycles. The Labute approximate surface area is 142 Å². The normalized spacial score (nSPS) is 12.5. The summed E-state index contributed by atoms with van der Waals surface area (Å²) in [4.78, 5) is 12.1. The van der Waals surface area contributed by atoms with Gasteiger partial charge in [-0.1, -0.05) is 42.8 Å². The van der Waals surface area contributed by atoms with Crippen LogP contribution in [0.1, 0.15) is 30.5 Å². The van der Waals surface area contributed by atoms with E-state index in [0.29, 0.717) is 11.4 Å². The minimum absolute atomic E-state index is 0.284. The Bertz CT molecular complexity index is 702. The summed E-state index contributed by atoms with van der Waals surface area (Å²) in [6, 6.07) is 10.7. The molecule has 1 unspecified atom stereocenters. The van der Waals surface area contributed by atoms with Crippen molar-refractivity contribution in [2.75, 3.05) is 5.32 Å². The SMILES string of the molecule is CCC(NC(=O)Nc1ccccc1C(F)(F)F)c1ccc(Cl)cc1. The standard InChI is InChI=1S/C17H16ClF3N2O/c1-2-14(11-7-9-12(18)10-8-11)22-16(24)23-15-6-4-3-5-13(15)17(19,20)21/h3-10,14H,2H2,1H3,(H2,22,23,24). The number of carbonyl (C=O) groups is 1. The maximum atomic E-state index is 12.9. The van der Waals surface area contributed by atoms with E-state index in [4.69, 9.17) is 11.6 Å². The predicted molar refractivity (Wildman–Crippen MR) is 88.1 cm³/mol. The fourth-order valence-corrected chi connectivity index (χ4v) is 2.40. The molecular weight excluding hydrogens is 341 g/mol. The summed E-state index contributed by atoms with van der Waals surface area (Å²) in [7, 11) is 0. The lowest BCUT2D eigenvalue weighted by Crippen LogP contribution is -2.33. The van der Waals surface area contributed by atoms with Crippen LogP contribution in [-0.4, -0.2) is 6.03 Å². The van der Waals surface area contributed by atoms with Gasteiger partial charge in [-0.15, -0.1) is 0 Å². The number of para-hydroxylation sites is 1. The van der Waals surface area contributed by atoms with E-state index in [1.165, 1.54) is 18.2 Å². The van der Waals surface area contributed by atoms with E-state index < -0.39 is 17.8 Å². The van der Waals surface area contributed by atoms with Crippen molar-refractivity contribution in [2.45, 2.75) is 25.6 Å². The predicted octanol–water partition coefficient (Wildman–Crippen LogP) is 5.63. The van der Waals surface area contributed by atoms with Gasteiger partial charge in [0.05, 0.1) is 17.3 Å². The number of rotatable bonds is 4. The minimum atomic E-state index is -4.54. The molecule has 128 valence electrons. The number of alkyl halides is 3. The number of anilines is 1. The highest BCUT2D eigenvalue weighted by Gasteiger charge is 2.33. The third-order valence-electron chi connectivity index (χ3n) is 3.47. The van der Waals surface area contributed by atoms with Gasteiger partial charge in [0.1, 0.15) is 0 Å². The molecule has 2 N–H and O–H groups in total. The molecule has 0 fully saturated rings. The third-order valence-corrected chi connectivity index (χ3v) is 3.72. The molecule has 1 atom stereocenters. The van der Waals surface area contributed by atoms with Crippen molar-refractivity contribution in [1.82, 2.24) is 5.32 Å². The van der Waals surface area contributed by atoms with E-state index >= 15 is 0 Å². The van der Waals surface area contributed by atoms with Gasteiger partial charge in [0.2, 0.25) is 0 Å². The summed E-state index contributed by atoms with van der Waals surface area (Å²) in [6.45, 7) is 1.86.